The molecule has 17 heavy (non-hydrogen) atoms. The van der Waals surface area contributed by atoms with Crippen molar-refractivity contribution in [2.45, 2.75) is 38.8 Å². The van der Waals surface area contributed by atoms with Crippen LogP contribution in [0.15, 0.2) is 12.5 Å². The molecular weight excluding hydrogens is 218 g/mol. The third-order valence-corrected chi connectivity index (χ3v) is 3.02. The van der Waals surface area contributed by atoms with E-state index in [2.05, 4.69) is 10.3 Å². The number of aromatic nitrogens is 2. The number of carbonyl (C=O) groups excluding carboxylic acids is 1. The average Bonchev–Trinajstić information content (AvgIpc) is 2.97. The first-order valence-electron chi connectivity index (χ1n) is 6.20. The first-order valence-corrected chi connectivity index (χ1v) is 6.20. The Labute approximate surface area is 101 Å². The molecule has 0 bridgehead atoms. The molecule has 94 valence electrons. The van der Waals surface area contributed by atoms with Crippen LogP contribution in [0.25, 0.3) is 0 Å². The SMILES string of the molecule is CCOC(=O)CCn1cncc1[C@@H]1CCCN1. The second-order valence-corrected chi connectivity index (χ2v) is 4.22. The van der Waals surface area contributed by atoms with Crippen LogP contribution in [0.1, 0.15) is 37.9 Å². The molecule has 1 fully saturated rings. The number of nitrogens with one attached hydrogen (secondary N) is 1. The zero-order chi connectivity index (χ0) is 12.1. The van der Waals surface area contributed by atoms with Crippen LogP contribution in [0, 0.1) is 0 Å². The number of imidazole rings is 1. The van der Waals surface area contributed by atoms with Gasteiger partial charge in [0.25, 0.3) is 0 Å². The van der Waals surface area contributed by atoms with Crippen LogP contribution < -0.4 is 5.32 Å². The van der Waals surface area contributed by atoms with Gasteiger partial charge in [0.1, 0.15) is 0 Å². The van der Waals surface area contributed by atoms with Gasteiger partial charge in [0, 0.05) is 18.8 Å². The number of nitrogens with zero attached hydrogens (tertiary/aromatic N) is 2. The Kier molecular flexibility index (Phi) is 4.14. The number of ether oxygens (including phenoxy) is 1. The summed E-state index contributed by atoms with van der Waals surface area (Å²) in [5.74, 6) is -0.147. The Morgan fingerprint density at radius 3 is 3.29 bits per heavy atom. The summed E-state index contributed by atoms with van der Waals surface area (Å²) in [7, 11) is 0. The molecular formula is C12H19N3O2. The summed E-state index contributed by atoms with van der Waals surface area (Å²) in [5, 5.41) is 3.44. The van der Waals surface area contributed by atoms with Crippen molar-refractivity contribution in [2.24, 2.45) is 0 Å². The Balaban J connectivity index is 1.92. The van der Waals surface area contributed by atoms with Gasteiger partial charge in [0.05, 0.1) is 25.0 Å². The van der Waals surface area contributed by atoms with Crippen molar-refractivity contribution in [1.29, 1.82) is 0 Å². The summed E-state index contributed by atoms with van der Waals surface area (Å²) in [6.45, 7) is 3.98. The summed E-state index contributed by atoms with van der Waals surface area (Å²) in [6, 6.07) is 0.389. The van der Waals surface area contributed by atoms with Crippen LogP contribution in [0.2, 0.25) is 0 Å². The summed E-state index contributed by atoms with van der Waals surface area (Å²) in [5.41, 5.74) is 1.17. The minimum atomic E-state index is -0.147. The van der Waals surface area contributed by atoms with Gasteiger partial charge >= 0.3 is 5.97 Å². The molecule has 5 heteroatoms. The van der Waals surface area contributed by atoms with E-state index in [1.807, 2.05) is 17.7 Å². The Morgan fingerprint density at radius 2 is 2.59 bits per heavy atom. The zero-order valence-corrected chi connectivity index (χ0v) is 10.2. The van der Waals surface area contributed by atoms with E-state index in [0.29, 0.717) is 25.6 Å². The van der Waals surface area contributed by atoms with Crippen LogP contribution >= 0.6 is 0 Å². The monoisotopic (exact) mass is 237 g/mol. The van der Waals surface area contributed by atoms with E-state index in [0.717, 1.165) is 13.0 Å². The van der Waals surface area contributed by atoms with Gasteiger partial charge in [0.2, 0.25) is 0 Å². The Morgan fingerprint density at radius 1 is 1.71 bits per heavy atom. The molecule has 1 aliphatic rings. The number of esters is 1. The highest BCUT2D eigenvalue weighted by Gasteiger charge is 2.19. The molecule has 1 atom stereocenters. The van der Waals surface area contributed by atoms with Crippen molar-refractivity contribution < 1.29 is 9.53 Å². The molecule has 0 spiro atoms. The number of aryl methyl sites for hydroxylation is 1. The normalized spacial score (nSPS) is 19.5. The summed E-state index contributed by atoms with van der Waals surface area (Å²) in [6.07, 6.45) is 6.42. The fourth-order valence-corrected chi connectivity index (χ4v) is 2.19. The predicted octanol–water partition coefficient (Wildman–Crippen LogP) is 1.26. The molecule has 1 aromatic rings. The van der Waals surface area contributed by atoms with Gasteiger partial charge in [-0.15, -0.1) is 0 Å². The van der Waals surface area contributed by atoms with E-state index in [-0.39, 0.29) is 5.97 Å². The molecule has 2 rings (SSSR count). The number of carbonyl (C=O) groups is 1. The first-order chi connectivity index (χ1) is 8.31. The Hall–Kier alpha value is -1.36. The summed E-state index contributed by atoms with van der Waals surface area (Å²) < 4.78 is 6.96. The van der Waals surface area contributed by atoms with E-state index in [4.69, 9.17) is 4.74 Å². The van der Waals surface area contributed by atoms with Crippen molar-refractivity contribution in [1.82, 2.24) is 14.9 Å². The largest absolute Gasteiger partial charge is 0.466 e. The lowest BCUT2D eigenvalue weighted by molar-refractivity contribution is -0.143. The van der Waals surface area contributed by atoms with Gasteiger partial charge in [0.15, 0.2) is 0 Å². The van der Waals surface area contributed by atoms with E-state index in [9.17, 15) is 4.79 Å². The number of hydrogen-bond acceptors (Lipinski definition) is 4. The van der Waals surface area contributed by atoms with Crippen molar-refractivity contribution in [3.63, 3.8) is 0 Å². The molecule has 1 N–H and O–H groups in total. The van der Waals surface area contributed by atoms with Gasteiger partial charge in [-0.3, -0.25) is 4.79 Å². The lowest BCUT2D eigenvalue weighted by Gasteiger charge is -2.13. The molecule has 5 nitrogen and oxygen atoms in total. The molecule has 0 saturated carbocycles. The van der Waals surface area contributed by atoms with E-state index in [1.54, 1.807) is 6.33 Å². The fourth-order valence-electron chi connectivity index (χ4n) is 2.19. The molecule has 0 aliphatic carbocycles. The molecule has 0 radical (unpaired) electrons. The quantitative estimate of drug-likeness (QED) is 0.783. The van der Waals surface area contributed by atoms with Crippen molar-refractivity contribution >= 4 is 5.97 Å². The van der Waals surface area contributed by atoms with Crippen LogP contribution in [0.4, 0.5) is 0 Å². The molecule has 1 aliphatic heterocycles. The van der Waals surface area contributed by atoms with Crippen molar-refractivity contribution in [3.8, 4) is 0 Å². The number of hydrogen-bond donors (Lipinski definition) is 1. The molecule has 1 aromatic heterocycles. The third kappa shape index (κ3) is 3.06. The van der Waals surface area contributed by atoms with Crippen LogP contribution in [-0.4, -0.2) is 28.7 Å². The minimum absolute atomic E-state index is 0.147. The van der Waals surface area contributed by atoms with Crippen LogP contribution in [-0.2, 0) is 16.1 Å². The highest BCUT2D eigenvalue weighted by molar-refractivity contribution is 5.69. The second-order valence-electron chi connectivity index (χ2n) is 4.22. The number of rotatable bonds is 5. The average molecular weight is 237 g/mol. The molecule has 0 unspecified atom stereocenters. The van der Waals surface area contributed by atoms with E-state index >= 15 is 0 Å². The Bertz CT molecular complexity index is 370. The lowest BCUT2D eigenvalue weighted by Crippen LogP contribution is -2.18. The van der Waals surface area contributed by atoms with E-state index in [1.165, 1.54) is 12.1 Å². The van der Waals surface area contributed by atoms with Crippen LogP contribution in [0.5, 0.6) is 0 Å². The maximum Gasteiger partial charge on any atom is 0.307 e. The minimum Gasteiger partial charge on any atom is -0.466 e. The van der Waals surface area contributed by atoms with Gasteiger partial charge in [-0.2, -0.15) is 0 Å². The van der Waals surface area contributed by atoms with Gasteiger partial charge in [-0.05, 0) is 26.3 Å². The zero-order valence-electron chi connectivity index (χ0n) is 10.2. The third-order valence-electron chi connectivity index (χ3n) is 3.02. The highest BCUT2D eigenvalue weighted by Crippen LogP contribution is 2.22. The molecule has 2 heterocycles. The standard InChI is InChI=1S/C12H19N3O2/c1-2-17-12(16)5-7-15-9-13-8-11(15)10-4-3-6-14-10/h8-10,14H,2-7H2,1H3/t10-/m0/s1. The topological polar surface area (TPSA) is 56.2 Å². The molecule has 1 saturated heterocycles. The summed E-state index contributed by atoms with van der Waals surface area (Å²) in [4.78, 5) is 15.5. The summed E-state index contributed by atoms with van der Waals surface area (Å²) >= 11 is 0. The van der Waals surface area contributed by atoms with Crippen LogP contribution in [0.3, 0.4) is 0 Å². The highest BCUT2D eigenvalue weighted by atomic mass is 16.5. The molecule has 0 amide bonds. The van der Waals surface area contributed by atoms with Gasteiger partial charge < -0.3 is 14.6 Å². The van der Waals surface area contributed by atoms with E-state index < -0.39 is 0 Å². The van der Waals surface area contributed by atoms with Crippen molar-refractivity contribution in [2.75, 3.05) is 13.2 Å². The molecule has 0 aromatic carbocycles. The maximum atomic E-state index is 11.3. The second kappa shape index (κ2) is 5.82. The van der Waals surface area contributed by atoms with Gasteiger partial charge in [-0.1, -0.05) is 0 Å². The lowest BCUT2D eigenvalue weighted by atomic mass is 10.2. The maximum absolute atomic E-state index is 11.3. The smallest absolute Gasteiger partial charge is 0.307 e. The first kappa shape index (κ1) is 12.1. The van der Waals surface area contributed by atoms with Crippen molar-refractivity contribution in [3.05, 3.63) is 18.2 Å². The predicted molar refractivity (Wildman–Crippen MR) is 63.5 cm³/mol. The fraction of sp³-hybridized carbons (Fsp3) is 0.667. The van der Waals surface area contributed by atoms with Gasteiger partial charge in [-0.25, -0.2) is 4.98 Å².